The van der Waals surface area contributed by atoms with Gasteiger partial charge in [0.1, 0.15) is 25.3 Å². The van der Waals surface area contributed by atoms with Gasteiger partial charge < -0.3 is 20.1 Å². The molecule has 2 atom stereocenters. The molecule has 0 bridgehead atoms. The van der Waals surface area contributed by atoms with Gasteiger partial charge in [-0.05, 0) is 54.0 Å². The molecule has 8 nitrogen and oxygen atoms in total. The van der Waals surface area contributed by atoms with Crippen LogP contribution in [0.15, 0.2) is 42.5 Å². The first-order valence-electron chi connectivity index (χ1n) is 11.8. The number of carbonyl (C=O) groups is 3. The first-order chi connectivity index (χ1) is 16.4. The summed E-state index contributed by atoms with van der Waals surface area (Å²) in [5.74, 6) is 0.654. The van der Waals surface area contributed by atoms with Crippen LogP contribution in [-0.2, 0) is 21.5 Å². The maximum absolute atomic E-state index is 13.5. The Labute approximate surface area is 198 Å². The van der Waals surface area contributed by atoms with Crippen molar-refractivity contribution in [1.29, 1.82) is 0 Å². The van der Waals surface area contributed by atoms with Gasteiger partial charge in [0, 0.05) is 0 Å². The van der Waals surface area contributed by atoms with Crippen molar-refractivity contribution < 1.29 is 23.9 Å². The monoisotopic (exact) mass is 463 g/mol. The lowest BCUT2D eigenvalue weighted by Gasteiger charge is -2.33. The molecule has 1 aliphatic carbocycles. The van der Waals surface area contributed by atoms with Gasteiger partial charge in [-0.1, -0.05) is 44.2 Å². The lowest BCUT2D eigenvalue weighted by Crippen LogP contribution is -2.47. The summed E-state index contributed by atoms with van der Waals surface area (Å²) in [5, 5.41) is 5.91. The van der Waals surface area contributed by atoms with Crippen molar-refractivity contribution >= 4 is 17.8 Å². The van der Waals surface area contributed by atoms with Crippen molar-refractivity contribution in [2.45, 2.75) is 44.7 Å². The third-order valence-corrected chi connectivity index (χ3v) is 6.86. The molecule has 2 unspecified atom stereocenters. The van der Waals surface area contributed by atoms with E-state index in [1.807, 2.05) is 56.3 Å². The Balaban J connectivity index is 1.33. The van der Waals surface area contributed by atoms with E-state index >= 15 is 0 Å². The van der Waals surface area contributed by atoms with E-state index in [1.165, 1.54) is 0 Å². The summed E-state index contributed by atoms with van der Waals surface area (Å²) in [6.45, 7) is 4.66. The number of nitrogens with zero attached hydrogens (tertiary/aromatic N) is 1. The zero-order chi connectivity index (χ0) is 23.9. The third-order valence-electron chi connectivity index (χ3n) is 6.86. The number of carbonyl (C=O) groups excluding carboxylic acids is 3. The highest BCUT2D eigenvalue weighted by Crippen LogP contribution is 2.40. The van der Waals surface area contributed by atoms with E-state index < -0.39 is 17.5 Å². The Bertz CT molecular complexity index is 1150. The molecule has 8 heteroatoms. The van der Waals surface area contributed by atoms with Crippen LogP contribution >= 0.6 is 0 Å². The molecule has 1 fully saturated rings. The van der Waals surface area contributed by atoms with Crippen LogP contribution < -0.4 is 20.1 Å². The van der Waals surface area contributed by atoms with E-state index in [0.29, 0.717) is 31.1 Å². The SMILES string of the molecule is CC(C)C(NC(=O)CN1C(=O)NC2(CCCc3ccccc32)C1=O)c1ccc2c(c1)OCCO2. The smallest absolute Gasteiger partial charge is 0.325 e. The highest BCUT2D eigenvalue weighted by Gasteiger charge is 2.54. The van der Waals surface area contributed by atoms with E-state index in [2.05, 4.69) is 10.6 Å². The summed E-state index contributed by atoms with van der Waals surface area (Å²) in [5.41, 5.74) is 1.69. The fourth-order valence-electron chi connectivity index (χ4n) is 5.21. The summed E-state index contributed by atoms with van der Waals surface area (Å²) >= 11 is 0. The fraction of sp³-hybridized carbons (Fsp3) is 0.423. The van der Waals surface area contributed by atoms with E-state index in [1.54, 1.807) is 0 Å². The van der Waals surface area contributed by atoms with Crippen LogP contribution in [0, 0.1) is 5.92 Å². The Morgan fingerprint density at radius 1 is 1.12 bits per heavy atom. The summed E-state index contributed by atoms with van der Waals surface area (Å²) in [6, 6.07) is 12.5. The predicted molar refractivity (Wildman–Crippen MR) is 124 cm³/mol. The van der Waals surface area contributed by atoms with Crippen LogP contribution in [0.3, 0.4) is 0 Å². The van der Waals surface area contributed by atoms with Gasteiger partial charge in [0.2, 0.25) is 5.91 Å². The van der Waals surface area contributed by atoms with Gasteiger partial charge in [0.15, 0.2) is 11.5 Å². The molecule has 2 N–H and O–H groups in total. The van der Waals surface area contributed by atoms with E-state index in [9.17, 15) is 14.4 Å². The van der Waals surface area contributed by atoms with Crippen molar-refractivity contribution in [1.82, 2.24) is 15.5 Å². The Morgan fingerprint density at radius 3 is 2.68 bits per heavy atom. The number of nitrogens with one attached hydrogen (secondary N) is 2. The number of hydrogen-bond acceptors (Lipinski definition) is 5. The van der Waals surface area contributed by atoms with E-state index in [0.717, 1.165) is 34.4 Å². The zero-order valence-electron chi connectivity index (χ0n) is 19.4. The number of rotatable bonds is 5. The third kappa shape index (κ3) is 3.77. The largest absolute Gasteiger partial charge is 0.486 e. The number of urea groups is 1. The average Bonchev–Trinajstić information content (AvgIpc) is 3.07. The molecule has 1 spiro atoms. The van der Waals surface area contributed by atoms with Gasteiger partial charge >= 0.3 is 6.03 Å². The number of fused-ring (bicyclic) bond motifs is 3. The number of ether oxygens (including phenoxy) is 2. The minimum atomic E-state index is -1.08. The topological polar surface area (TPSA) is 97.0 Å². The van der Waals surface area contributed by atoms with E-state index in [4.69, 9.17) is 9.47 Å². The molecule has 2 heterocycles. The number of aryl methyl sites for hydroxylation is 1. The molecule has 2 aromatic carbocycles. The summed E-state index contributed by atoms with van der Waals surface area (Å²) in [6.07, 6.45) is 2.19. The molecule has 0 saturated carbocycles. The van der Waals surface area contributed by atoms with Crippen molar-refractivity contribution in [3.63, 3.8) is 0 Å². The maximum atomic E-state index is 13.5. The highest BCUT2D eigenvalue weighted by atomic mass is 16.6. The molecule has 2 aliphatic heterocycles. The van der Waals surface area contributed by atoms with Crippen LogP contribution in [0.25, 0.3) is 0 Å². The lowest BCUT2D eigenvalue weighted by atomic mass is 9.76. The Hall–Kier alpha value is -3.55. The molecule has 34 heavy (non-hydrogen) atoms. The van der Waals surface area contributed by atoms with Crippen LogP contribution in [0.2, 0.25) is 0 Å². The predicted octanol–water partition coefficient (Wildman–Crippen LogP) is 3.05. The van der Waals surface area contributed by atoms with Gasteiger partial charge in [0.05, 0.1) is 6.04 Å². The molecule has 178 valence electrons. The van der Waals surface area contributed by atoms with Gasteiger partial charge in [-0.3, -0.25) is 14.5 Å². The number of amides is 4. The normalized spacial score (nSPS) is 21.9. The minimum absolute atomic E-state index is 0.0752. The number of benzene rings is 2. The Kier molecular flexibility index (Phi) is 5.67. The van der Waals surface area contributed by atoms with Crippen LogP contribution in [0.5, 0.6) is 11.5 Å². The second-order valence-corrected chi connectivity index (χ2v) is 9.43. The second kappa shape index (κ2) is 8.66. The summed E-state index contributed by atoms with van der Waals surface area (Å²) in [7, 11) is 0. The number of imide groups is 1. The van der Waals surface area contributed by atoms with Gasteiger partial charge in [-0.2, -0.15) is 0 Å². The van der Waals surface area contributed by atoms with Crippen molar-refractivity contribution in [2.24, 2.45) is 5.92 Å². The number of hydrogen-bond donors (Lipinski definition) is 2. The van der Waals surface area contributed by atoms with Gasteiger partial charge in [-0.15, -0.1) is 0 Å². The average molecular weight is 464 g/mol. The first kappa shape index (κ1) is 22.3. The molecule has 2 aromatic rings. The van der Waals surface area contributed by atoms with Gasteiger partial charge in [0.25, 0.3) is 5.91 Å². The first-order valence-corrected chi connectivity index (χ1v) is 11.8. The molecule has 1 saturated heterocycles. The standard InChI is InChI=1S/C26H29N3O5/c1-16(2)23(18-9-10-20-21(14-18)34-13-12-33-20)27-22(30)15-29-24(31)26(28-25(29)32)11-5-7-17-6-3-4-8-19(17)26/h3-4,6,8-10,14,16,23H,5,7,11-13,15H2,1-2H3,(H,27,30)(H,28,32). The fourth-order valence-corrected chi connectivity index (χ4v) is 5.21. The van der Waals surface area contributed by atoms with Gasteiger partial charge in [-0.25, -0.2) is 4.79 Å². The highest BCUT2D eigenvalue weighted by molar-refractivity contribution is 6.09. The molecular formula is C26H29N3O5. The van der Waals surface area contributed by atoms with Crippen molar-refractivity contribution in [3.8, 4) is 11.5 Å². The molecular weight excluding hydrogens is 434 g/mol. The molecule has 0 aromatic heterocycles. The minimum Gasteiger partial charge on any atom is -0.486 e. The summed E-state index contributed by atoms with van der Waals surface area (Å²) < 4.78 is 11.3. The second-order valence-electron chi connectivity index (χ2n) is 9.43. The Morgan fingerprint density at radius 2 is 1.88 bits per heavy atom. The summed E-state index contributed by atoms with van der Waals surface area (Å²) in [4.78, 5) is 40.4. The van der Waals surface area contributed by atoms with Crippen molar-refractivity contribution in [3.05, 3.63) is 59.2 Å². The van der Waals surface area contributed by atoms with Crippen LogP contribution in [0.1, 0.15) is 49.4 Å². The quantitative estimate of drug-likeness (QED) is 0.665. The van der Waals surface area contributed by atoms with Crippen LogP contribution in [0.4, 0.5) is 4.79 Å². The molecule has 4 amide bonds. The molecule has 0 radical (unpaired) electrons. The maximum Gasteiger partial charge on any atom is 0.325 e. The lowest BCUT2D eigenvalue weighted by molar-refractivity contribution is -0.136. The van der Waals surface area contributed by atoms with E-state index in [-0.39, 0.29) is 24.4 Å². The van der Waals surface area contributed by atoms with Crippen LogP contribution in [-0.4, -0.2) is 42.5 Å². The molecule has 3 aliphatic rings. The zero-order valence-corrected chi connectivity index (χ0v) is 19.4. The molecule has 5 rings (SSSR count). The van der Waals surface area contributed by atoms with Crippen molar-refractivity contribution in [2.75, 3.05) is 19.8 Å².